The molecule has 2 aliphatic rings. The van der Waals surface area contributed by atoms with Crippen LogP contribution in [0.1, 0.15) is 48.2 Å². The Morgan fingerprint density at radius 3 is 2.50 bits per heavy atom. The van der Waals surface area contributed by atoms with Gasteiger partial charge in [0, 0.05) is 45.0 Å². The number of hydrogen-bond acceptors (Lipinski definition) is 5. The van der Waals surface area contributed by atoms with Crippen LogP contribution in [-0.4, -0.2) is 53.0 Å². The summed E-state index contributed by atoms with van der Waals surface area (Å²) in [6, 6.07) is 12.6. The van der Waals surface area contributed by atoms with Crippen molar-refractivity contribution >= 4 is 11.9 Å². The van der Waals surface area contributed by atoms with Crippen molar-refractivity contribution in [2.75, 3.05) is 31.1 Å². The summed E-state index contributed by atoms with van der Waals surface area (Å²) in [6.45, 7) is 4.66. The highest BCUT2D eigenvalue weighted by Gasteiger charge is 2.21. The summed E-state index contributed by atoms with van der Waals surface area (Å²) in [5, 5.41) is 3.14. The first-order valence-corrected chi connectivity index (χ1v) is 10.4. The lowest BCUT2D eigenvalue weighted by atomic mass is 9.95. The number of carbonyl (C=O) groups is 1. The predicted molar refractivity (Wildman–Crippen MR) is 110 cm³/mol. The molecule has 0 bridgehead atoms. The first-order chi connectivity index (χ1) is 13.8. The Hall–Kier alpha value is -2.47. The fraction of sp³-hybridized carbons (Fsp3) is 0.500. The molecule has 0 atom stereocenters. The predicted octanol–water partition coefficient (Wildman–Crippen LogP) is 2.86. The number of aromatic nitrogens is 2. The van der Waals surface area contributed by atoms with E-state index in [4.69, 9.17) is 0 Å². The van der Waals surface area contributed by atoms with E-state index in [0.717, 1.165) is 45.6 Å². The van der Waals surface area contributed by atoms with Gasteiger partial charge in [0.2, 0.25) is 5.95 Å². The van der Waals surface area contributed by atoms with Gasteiger partial charge in [-0.25, -0.2) is 9.97 Å². The van der Waals surface area contributed by atoms with Crippen LogP contribution in [0.3, 0.4) is 0 Å². The Kier molecular flexibility index (Phi) is 6.17. The molecule has 1 aliphatic carbocycles. The second-order valence-electron chi connectivity index (χ2n) is 7.80. The Morgan fingerprint density at radius 2 is 1.75 bits per heavy atom. The van der Waals surface area contributed by atoms with E-state index in [1.165, 1.54) is 24.8 Å². The highest BCUT2D eigenvalue weighted by atomic mass is 16.1. The van der Waals surface area contributed by atoms with Crippen LogP contribution >= 0.6 is 0 Å². The Balaban J connectivity index is 1.32. The molecule has 28 heavy (non-hydrogen) atoms. The third kappa shape index (κ3) is 4.87. The number of nitrogens with one attached hydrogen (secondary N) is 1. The average Bonchev–Trinajstić information content (AvgIpc) is 2.76. The number of amides is 1. The zero-order chi connectivity index (χ0) is 19.2. The van der Waals surface area contributed by atoms with E-state index in [-0.39, 0.29) is 5.91 Å². The van der Waals surface area contributed by atoms with Crippen molar-refractivity contribution < 1.29 is 4.79 Å². The van der Waals surface area contributed by atoms with Crippen LogP contribution in [0.25, 0.3) is 0 Å². The minimum atomic E-state index is -0.0711. The monoisotopic (exact) mass is 379 g/mol. The fourth-order valence-electron chi connectivity index (χ4n) is 4.08. The van der Waals surface area contributed by atoms with Crippen molar-refractivity contribution in [1.29, 1.82) is 0 Å². The summed E-state index contributed by atoms with van der Waals surface area (Å²) in [4.78, 5) is 26.2. The molecule has 6 heteroatoms. The molecule has 1 aromatic heterocycles. The van der Waals surface area contributed by atoms with E-state index < -0.39 is 0 Å². The maximum absolute atomic E-state index is 12.6. The Morgan fingerprint density at radius 1 is 1.00 bits per heavy atom. The van der Waals surface area contributed by atoms with Gasteiger partial charge in [-0.1, -0.05) is 49.6 Å². The number of nitrogens with zero attached hydrogens (tertiary/aromatic N) is 4. The van der Waals surface area contributed by atoms with Gasteiger partial charge < -0.3 is 10.2 Å². The summed E-state index contributed by atoms with van der Waals surface area (Å²) < 4.78 is 0. The zero-order valence-electron chi connectivity index (χ0n) is 16.4. The molecule has 1 saturated heterocycles. The quantitative estimate of drug-likeness (QED) is 0.866. The summed E-state index contributed by atoms with van der Waals surface area (Å²) in [5.41, 5.74) is 1.82. The summed E-state index contributed by atoms with van der Waals surface area (Å²) in [5.74, 6) is 0.592. The third-order valence-electron chi connectivity index (χ3n) is 5.72. The third-order valence-corrected chi connectivity index (χ3v) is 5.72. The smallest absolute Gasteiger partial charge is 0.270 e. The minimum Gasteiger partial charge on any atom is -0.348 e. The Labute approximate surface area is 167 Å². The van der Waals surface area contributed by atoms with Crippen LogP contribution in [0.5, 0.6) is 0 Å². The second-order valence-corrected chi connectivity index (χ2v) is 7.80. The number of anilines is 1. The number of carbonyl (C=O) groups excluding carboxylic acids is 1. The van der Waals surface area contributed by atoms with E-state index in [2.05, 4.69) is 55.4 Å². The maximum Gasteiger partial charge on any atom is 0.270 e. The van der Waals surface area contributed by atoms with Gasteiger partial charge in [0.1, 0.15) is 5.69 Å². The van der Waals surface area contributed by atoms with Gasteiger partial charge in [0.15, 0.2) is 0 Å². The molecule has 0 spiro atoms. The van der Waals surface area contributed by atoms with E-state index in [1.54, 1.807) is 12.3 Å². The second kappa shape index (κ2) is 9.15. The van der Waals surface area contributed by atoms with Gasteiger partial charge in [-0.3, -0.25) is 9.69 Å². The van der Waals surface area contributed by atoms with Gasteiger partial charge in [-0.15, -0.1) is 0 Å². The number of rotatable bonds is 5. The summed E-state index contributed by atoms with van der Waals surface area (Å²) in [7, 11) is 0. The Bertz CT molecular complexity index is 768. The van der Waals surface area contributed by atoms with Crippen LogP contribution in [0.4, 0.5) is 5.95 Å². The van der Waals surface area contributed by atoms with Crippen molar-refractivity contribution in [2.24, 2.45) is 0 Å². The molecule has 148 valence electrons. The van der Waals surface area contributed by atoms with Crippen molar-refractivity contribution in [3.63, 3.8) is 0 Å². The molecule has 1 saturated carbocycles. The van der Waals surface area contributed by atoms with Crippen LogP contribution in [0.15, 0.2) is 42.6 Å². The van der Waals surface area contributed by atoms with Crippen molar-refractivity contribution in [2.45, 2.75) is 44.7 Å². The van der Waals surface area contributed by atoms with Gasteiger partial charge in [-0.05, 0) is 24.5 Å². The first kappa shape index (κ1) is 18.9. The van der Waals surface area contributed by atoms with E-state index in [0.29, 0.717) is 17.7 Å². The van der Waals surface area contributed by atoms with Crippen LogP contribution in [0, 0.1) is 0 Å². The molecule has 0 unspecified atom stereocenters. The average molecular weight is 380 g/mol. The largest absolute Gasteiger partial charge is 0.348 e. The zero-order valence-corrected chi connectivity index (χ0v) is 16.4. The fourth-order valence-corrected chi connectivity index (χ4v) is 4.08. The number of hydrogen-bond donors (Lipinski definition) is 1. The lowest BCUT2D eigenvalue weighted by Gasteiger charge is -2.34. The molecule has 1 N–H and O–H groups in total. The number of piperazine rings is 1. The highest BCUT2D eigenvalue weighted by molar-refractivity contribution is 5.92. The molecule has 2 aromatic rings. The minimum absolute atomic E-state index is 0.0711. The van der Waals surface area contributed by atoms with Gasteiger partial charge in [0.05, 0.1) is 0 Å². The van der Waals surface area contributed by atoms with Crippen LogP contribution in [-0.2, 0) is 6.54 Å². The van der Waals surface area contributed by atoms with E-state index in [9.17, 15) is 4.79 Å². The first-order valence-electron chi connectivity index (χ1n) is 10.4. The molecule has 2 fully saturated rings. The van der Waals surface area contributed by atoms with Crippen LogP contribution in [0.2, 0.25) is 0 Å². The van der Waals surface area contributed by atoms with Crippen molar-refractivity contribution in [3.05, 3.63) is 53.9 Å². The van der Waals surface area contributed by atoms with Gasteiger partial charge in [-0.2, -0.15) is 0 Å². The lowest BCUT2D eigenvalue weighted by molar-refractivity contribution is 0.0922. The highest BCUT2D eigenvalue weighted by Crippen LogP contribution is 2.18. The lowest BCUT2D eigenvalue weighted by Crippen LogP contribution is -2.46. The molecule has 4 rings (SSSR count). The van der Waals surface area contributed by atoms with Gasteiger partial charge >= 0.3 is 0 Å². The standard InChI is InChI=1S/C22H29N5O/c28-21(24-19-9-5-2-6-10-19)20-11-12-23-22(25-20)27-15-13-26(14-16-27)17-18-7-3-1-4-8-18/h1,3-4,7-8,11-12,19H,2,5-6,9-10,13-17H2,(H,24,28). The molecule has 0 radical (unpaired) electrons. The molecule has 1 aromatic carbocycles. The number of benzene rings is 1. The van der Waals surface area contributed by atoms with Crippen molar-refractivity contribution in [3.8, 4) is 0 Å². The normalized spacial score (nSPS) is 18.8. The SMILES string of the molecule is O=C(NC1CCCCC1)c1ccnc(N2CCN(Cc3ccccc3)CC2)n1. The summed E-state index contributed by atoms with van der Waals surface area (Å²) in [6.07, 6.45) is 7.54. The molecule has 1 amide bonds. The topological polar surface area (TPSA) is 61.4 Å². The van der Waals surface area contributed by atoms with Crippen LogP contribution < -0.4 is 10.2 Å². The maximum atomic E-state index is 12.6. The molecular formula is C22H29N5O. The summed E-state index contributed by atoms with van der Waals surface area (Å²) >= 11 is 0. The molecular weight excluding hydrogens is 350 g/mol. The van der Waals surface area contributed by atoms with Gasteiger partial charge in [0.25, 0.3) is 5.91 Å². The van der Waals surface area contributed by atoms with Crippen molar-refractivity contribution in [1.82, 2.24) is 20.2 Å². The molecule has 6 nitrogen and oxygen atoms in total. The molecule has 2 heterocycles. The van der Waals surface area contributed by atoms with E-state index in [1.807, 2.05) is 0 Å². The molecule has 1 aliphatic heterocycles. The van der Waals surface area contributed by atoms with E-state index >= 15 is 0 Å².